The Morgan fingerprint density at radius 1 is 1.11 bits per heavy atom. The van der Waals surface area contributed by atoms with Gasteiger partial charge in [0.1, 0.15) is 0 Å². The first-order valence-corrected chi connectivity index (χ1v) is 6.35. The number of benzene rings is 1. The third kappa shape index (κ3) is 2.71. The predicted molar refractivity (Wildman–Crippen MR) is 76.1 cm³/mol. The van der Waals surface area contributed by atoms with Crippen LogP contribution >= 0.6 is 11.6 Å². The van der Waals surface area contributed by atoms with Gasteiger partial charge in [0.15, 0.2) is 0 Å². The Kier molecular flexibility index (Phi) is 4.00. The second-order valence-electron chi connectivity index (χ2n) is 4.46. The van der Waals surface area contributed by atoms with E-state index in [2.05, 4.69) is 28.5 Å². The van der Waals surface area contributed by atoms with Crippen LogP contribution in [-0.4, -0.2) is 12.0 Å². The van der Waals surface area contributed by atoms with Crippen LogP contribution in [-0.2, 0) is 0 Å². The minimum absolute atomic E-state index is 0.147. The number of aryl methyl sites for hydroxylation is 2. The molecule has 1 N–H and O–H groups in total. The lowest BCUT2D eigenvalue weighted by molar-refractivity contribution is 0.687. The van der Waals surface area contributed by atoms with Gasteiger partial charge in [-0.15, -0.1) is 0 Å². The minimum Gasteiger partial charge on any atom is -0.309 e. The molecule has 0 aliphatic carbocycles. The van der Waals surface area contributed by atoms with Crippen molar-refractivity contribution in [2.45, 2.75) is 19.9 Å². The van der Waals surface area contributed by atoms with Gasteiger partial charge in [-0.3, -0.25) is 4.98 Å². The van der Waals surface area contributed by atoms with Gasteiger partial charge in [-0.2, -0.15) is 0 Å². The highest BCUT2D eigenvalue weighted by Crippen LogP contribution is 2.25. The van der Waals surface area contributed by atoms with Crippen molar-refractivity contribution < 1.29 is 0 Å². The van der Waals surface area contributed by atoms with Gasteiger partial charge in [-0.25, -0.2) is 0 Å². The van der Waals surface area contributed by atoms with Crippen LogP contribution in [0.5, 0.6) is 0 Å². The molecule has 0 amide bonds. The summed E-state index contributed by atoms with van der Waals surface area (Å²) >= 11 is 6.06. The van der Waals surface area contributed by atoms with Crippen LogP contribution in [0.3, 0.4) is 0 Å². The fourth-order valence-electron chi connectivity index (χ4n) is 2.02. The van der Waals surface area contributed by atoms with Gasteiger partial charge in [0.2, 0.25) is 0 Å². The summed E-state index contributed by atoms with van der Waals surface area (Å²) in [6, 6.07) is 10.4. The van der Waals surface area contributed by atoms with E-state index < -0.39 is 0 Å². The molecule has 1 heterocycles. The van der Waals surface area contributed by atoms with Gasteiger partial charge < -0.3 is 5.32 Å². The van der Waals surface area contributed by atoms with E-state index in [1.54, 1.807) is 0 Å². The molecule has 0 spiro atoms. The van der Waals surface area contributed by atoms with E-state index in [-0.39, 0.29) is 6.04 Å². The molecule has 2 aromatic rings. The van der Waals surface area contributed by atoms with E-state index in [0.29, 0.717) is 0 Å². The Hall–Kier alpha value is -1.38. The molecular formula is C15H17ClN2. The summed E-state index contributed by atoms with van der Waals surface area (Å²) in [7, 11) is 1.95. The third-order valence-corrected chi connectivity index (χ3v) is 3.50. The number of aromatic nitrogens is 1. The van der Waals surface area contributed by atoms with Crippen molar-refractivity contribution in [2.75, 3.05) is 7.05 Å². The SMILES string of the molecule is CNC(c1ccc(C)nc1)c1ccc(Cl)c(C)c1. The van der Waals surface area contributed by atoms with Crippen molar-refractivity contribution in [3.05, 3.63) is 63.9 Å². The lowest BCUT2D eigenvalue weighted by Gasteiger charge is -2.18. The van der Waals surface area contributed by atoms with E-state index in [4.69, 9.17) is 11.6 Å². The molecule has 1 aromatic heterocycles. The zero-order valence-electron chi connectivity index (χ0n) is 10.9. The number of rotatable bonds is 3. The van der Waals surface area contributed by atoms with Crippen LogP contribution in [0, 0.1) is 13.8 Å². The molecule has 0 saturated heterocycles. The Bertz CT molecular complexity index is 535. The molecule has 0 radical (unpaired) electrons. The van der Waals surface area contributed by atoms with Crippen LogP contribution in [0.15, 0.2) is 36.5 Å². The van der Waals surface area contributed by atoms with Crippen LogP contribution in [0.1, 0.15) is 28.4 Å². The molecule has 0 fully saturated rings. The average molecular weight is 261 g/mol. The van der Waals surface area contributed by atoms with Crippen LogP contribution in [0.2, 0.25) is 5.02 Å². The third-order valence-electron chi connectivity index (χ3n) is 3.07. The largest absolute Gasteiger partial charge is 0.309 e. The van der Waals surface area contributed by atoms with Gasteiger partial charge in [-0.05, 0) is 49.7 Å². The molecule has 0 bridgehead atoms. The highest BCUT2D eigenvalue weighted by atomic mass is 35.5. The summed E-state index contributed by atoms with van der Waals surface area (Å²) < 4.78 is 0. The second-order valence-corrected chi connectivity index (χ2v) is 4.87. The summed E-state index contributed by atoms with van der Waals surface area (Å²) in [5.41, 5.74) is 4.48. The number of hydrogen-bond donors (Lipinski definition) is 1. The van der Waals surface area contributed by atoms with E-state index in [1.165, 1.54) is 5.56 Å². The maximum absolute atomic E-state index is 6.06. The maximum Gasteiger partial charge on any atom is 0.0589 e. The summed E-state index contributed by atoms with van der Waals surface area (Å²) in [6.45, 7) is 4.01. The van der Waals surface area contributed by atoms with E-state index in [1.807, 2.05) is 39.2 Å². The number of hydrogen-bond acceptors (Lipinski definition) is 2. The van der Waals surface area contributed by atoms with Gasteiger partial charge >= 0.3 is 0 Å². The lowest BCUT2D eigenvalue weighted by atomic mass is 9.98. The van der Waals surface area contributed by atoms with Crippen LogP contribution in [0.25, 0.3) is 0 Å². The zero-order chi connectivity index (χ0) is 13.1. The molecule has 0 aliphatic heterocycles. The summed E-state index contributed by atoms with van der Waals surface area (Å²) in [5, 5.41) is 4.12. The molecule has 3 heteroatoms. The van der Waals surface area contributed by atoms with Gasteiger partial charge in [0.25, 0.3) is 0 Å². The van der Waals surface area contributed by atoms with Gasteiger partial charge in [0.05, 0.1) is 6.04 Å². The van der Waals surface area contributed by atoms with Crippen molar-refractivity contribution in [3.8, 4) is 0 Å². The fourth-order valence-corrected chi connectivity index (χ4v) is 2.14. The Morgan fingerprint density at radius 2 is 1.83 bits per heavy atom. The molecule has 0 aliphatic rings. The summed E-state index contributed by atoms with van der Waals surface area (Å²) in [6.07, 6.45) is 1.92. The van der Waals surface area contributed by atoms with E-state index >= 15 is 0 Å². The average Bonchev–Trinajstić information content (AvgIpc) is 2.37. The molecular weight excluding hydrogens is 244 g/mol. The van der Waals surface area contributed by atoms with Crippen molar-refractivity contribution in [2.24, 2.45) is 0 Å². The monoisotopic (exact) mass is 260 g/mol. The number of nitrogens with zero attached hydrogens (tertiary/aromatic N) is 1. The highest BCUT2D eigenvalue weighted by Gasteiger charge is 2.12. The smallest absolute Gasteiger partial charge is 0.0589 e. The molecule has 1 unspecified atom stereocenters. The first kappa shape index (κ1) is 13.1. The van der Waals surface area contributed by atoms with Crippen molar-refractivity contribution >= 4 is 11.6 Å². The van der Waals surface area contributed by atoms with Gasteiger partial charge in [-0.1, -0.05) is 29.8 Å². The first-order chi connectivity index (χ1) is 8.61. The fraction of sp³-hybridized carbons (Fsp3) is 0.267. The number of halogens is 1. The standard InChI is InChI=1S/C15H17ClN2/c1-10-8-12(6-7-14(10)16)15(17-3)13-5-4-11(2)18-9-13/h4-9,15,17H,1-3H3. The molecule has 18 heavy (non-hydrogen) atoms. The lowest BCUT2D eigenvalue weighted by Crippen LogP contribution is -2.18. The molecule has 0 saturated carbocycles. The van der Waals surface area contributed by atoms with Crippen molar-refractivity contribution in [1.29, 1.82) is 0 Å². The maximum atomic E-state index is 6.06. The first-order valence-electron chi connectivity index (χ1n) is 5.97. The molecule has 2 nitrogen and oxygen atoms in total. The minimum atomic E-state index is 0.147. The predicted octanol–water partition coefficient (Wildman–Crippen LogP) is 3.66. The topological polar surface area (TPSA) is 24.9 Å². The molecule has 1 atom stereocenters. The Morgan fingerprint density at radius 3 is 2.39 bits per heavy atom. The van der Waals surface area contributed by atoms with Crippen LogP contribution in [0.4, 0.5) is 0 Å². The van der Waals surface area contributed by atoms with E-state index in [0.717, 1.165) is 21.8 Å². The Balaban J connectivity index is 2.38. The highest BCUT2D eigenvalue weighted by molar-refractivity contribution is 6.31. The summed E-state index contributed by atoms with van der Waals surface area (Å²) in [5.74, 6) is 0. The van der Waals surface area contributed by atoms with Crippen molar-refractivity contribution in [1.82, 2.24) is 10.3 Å². The zero-order valence-corrected chi connectivity index (χ0v) is 11.6. The Labute approximate surface area is 113 Å². The molecule has 2 rings (SSSR count). The second kappa shape index (κ2) is 5.51. The van der Waals surface area contributed by atoms with Crippen molar-refractivity contribution in [3.63, 3.8) is 0 Å². The van der Waals surface area contributed by atoms with Gasteiger partial charge in [0, 0.05) is 16.9 Å². The van der Waals surface area contributed by atoms with Crippen LogP contribution < -0.4 is 5.32 Å². The summed E-state index contributed by atoms with van der Waals surface area (Å²) in [4.78, 5) is 4.35. The number of nitrogens with one attached hydrogen (secondary N) is 1. The normalized spacial score (nSPS) is 12.4. The molecule has 94 valence electrons. The van der Waals surface area contributed by atoms with E-state index in [9.17, 15) is 0 Å². The molecule has 1 aromatic carbocycles. The quantitative estimate of drug-likeness (QED) is 0.911. The number of pyridine rings is 1.